The normalized spacial score (nSPS) is 19.0. The summed E-state index contributed by atoms with van der Waals surface area (Å²) in [7, 11) is 3.47. The molecule has 0 saturated carbocycles. The largest absolute Gasteiger partial charge is 0.494 e. The van der Waals surface area contributed by atoms with Crippen LogP contribution in [-0.2, 0) is 0 Å². The van der Waals surface area contributed by atoms with Crippen molar-refractivity contribution in [1.29, 1.82) is 0 Å². The number of amides is 1. The predicted molar refractivity (Wildman–Crippen MR) is 68.8 cm³/mol. The van der Waals surface area contributed by atoms with Gasteiger partial charge < -0.3 is 15.0 Å². The maximum absolute atomic E-state index is 12.5. The van der Waals surface area contributed by atoms with E-state index in [1.165, 1.54) is 0 Å². The van der Waals surface area contributed by atoms with Gasteiger partial charge in [0.15, 0.2) is 0 Å². The van der Waals surface area contributed by atoms with Gasteiger partial charge in [-0.1, -0.05) is 0 Å². The third kappa shape index (κ3) is 2.46. The number of aromatic nitrogens is 1. The van der Waals surface area contributed by atoms with Crippen molar-refractivity contribution in [2.24, 2.45) is 0 Å². The van der Waals surface area contributed by atoms with Crippen molar-refractivity contribution in [3.8, 4) is 5.75 Å². The molecule has 5 heteroatoms. The molecule has 1 saturated heterocycles. The van der Waals surface area contributed by atoms with E-state index in [4.69, 9.17) is 4.74 Å². The fourth-order valence-corrected chi connectivity index (χ4v) is 2.42. The molecule has 0 aromatic carbocycles. The van der Waals surface area contributed by atoms with Gasteiger partial charge in [-0.25, -0.2) is 0 Å². The maximum atomic E-state index is 12.5. The van der Waals surface area contributed by atoms with Crippen molar-refractivity contribution in [3.05, 3.63) is 24.0 Å². The summed E-state index contributed by atoms with van der Waals surface area (Å²) >= 11 is 0. The fraction of sp³-hybridized carbons (Fsp3) is 0.538. The standard InChI is InChI=1S/C13H19N3O2/c1-14-8-10-4-3-7-16(10)13(17)11-5-6-15-9-12(11)18-2/h5-6,9-10,14H,3-4,7-8H2,1-2H3. The Hall–Kier alpha value is -1.62. The maximum Gasteiger partial charge on any atom is 0.258 e. The van der Waals surface area contributed by atoms with Crippen molar-refractivity contribution in [3.63, 3.8) is 0 Å². The Balaban J connectivity index is 2.20. The topological polar surface area (TPSA) is 54.5 Å². The zero-order chi connectivity index (χ0) is 13.0. The smallest absolute Gasteiger partial charge is 0.258 e. The molecule has 1 N–H and O–H groups in total. The fourth-order valence-electron chi connectivity index (χ4n) is 2.42. The second-order valence-corrected chi connectivity index (χ2v) is 4.43. The third-order valence-corrected chi connectivity index (χ3v) is 3.31. The molecular formula is C13H19N3O2. The molecule has 0 radical (unpaired) electrons. The summed E-state index contributed by atoms with van der Waals surface area (Å²) in [5, 5.41) is 3.14. The first kappa shape index (κ1) is 12.8. The lowest BCUT2D eigenvalue weighted by Gasteiger charge is -2.25. The zero-order valence-electron chi connectivity index (χ0n) is 10.8. The minimum absolute atomic E-state index is 0.0343. The van der Waals surface area contributed by atoms with E-state index in [0.29, 0.717) is 11.3 Å². The van der Waals surface area contributed by atoms with Crippen LogP contribution in [0.1, 0.15) is 23.2 Å². The number of carbonyl (C=O) groups is 1. The second kappa shape index (κ2) is 5.82. The molecule has 0 bridgehead atoms. The average molecular weight is 249 g/mol. The lowest BCUT2D eigenvalue weighted by atomic mass is 10.2. The first-order valence-electron chi connectivity index (χ1n) is 6.21. The third-order valence-electron chi connectivity index (χ3n) is 3.31. The summed E-state index contributed by atoms with van der Waals surface area (Å²) in [4.78, 5) is 18.4. The molecule has 2 heterocycles. The highest BCUT2D eigenvalue weighted by molar-refractivity contribution is 5.97. The van der Waals surface area contributed by atoms with Gasteiger partial charge in [-0.05, 0) is 26.0 Å². The van der Waals surface area contributed by atoms with Gasteiger partial charge >= 0.3 is 0 Å². The van der Waals surface area contributed by atoms with Gasteiger partial charge in [-0.3, -0.25) is 9.78 Å². The monoisotopic (exact) mass is 249 g/mol. The molecule has 0 aliphatic carbocycles. The highest BCUT2D eigenvalue weighted by atomic mass is 16.5. The highest BCUT2D eigenvalue weighted by Gasteiger charge is 2.30. The van der Waals surface area contributed by atoms with Crippen LogP contribution < -0.4 is 10.1 Å². The molecule has 1 fully saturated rings. The number of hydrogen-bond donors (Lipinski definition) is 1. The molecular weight excluding hydrogens is 230 g/mol. The van der Waals surface area contributed by atoms with Gasteiger partial charge in [-0.15, -0.1) is 0 Å². The van der Waals surface area contributed by atoms with Gasteiger partial charge in [0.1, 0.15) is 5.75 Å². The first-order valence-corrected chi connectivity index (χ1v) is 6.21. The van der Waals surface area contributed by atoms with Crippen molar-refractivity contribution in [2.45, 2.75) is 18.9 Å². The summed E-state index contributed by atoms with van der Waals surface area (Å²) in [5.41, 5.74) is 0.593. The Labute approximate surface area is 107 Å². The van der Waals surface area contributed by atoms with E-state index in [2.05, 4.69) is 10.3 Å². The van der Waals surface area contributed by atoms with Gasteiger partial charge in [0.2, 0.25) is 0 Å². The molecule has 1 unspecified atom stereocenters. The summed E-state index contributed by atoms with van der Waals surface area (Å²) in [6, 6.07) is 2.00. The zero-order valence-corrected chi connectivity index (χ0v) is 10.8. The number of nitrogens with one attached hydrogen (secondary N) is 1. The van der Waals surface area contributed by atoms with Crippen LogP contribution in [0.15, 0.2) is 18.5 Å². The number of likely N-dealkylation sites (tertiary alicyclic amines) is 1. The summed E-state index contributed by atoms with van der Waals surface area (Å²) in [5.74, 6) is 0.574. The first-order chi connectivity index (χ1) is 8.77. The van der Waals surface area contributed by atoms with Crippen molar-refractivity contribution < 1.29 is 9.53 Å². The van der Waals surface area contributed by atoms with E-state index >= 15 is 0 Å². The number of likely N-dealkylation sites (N-methyl/N-ethyl adjacent to an activating group) is 1. The number of nitrogens with zero attached hydrogens (tertiary/aromatic N) is 2. The number of ether oxygens (including phenoxy) is 1. The number of rotatable bonds is 4. The molecule has 0 spiro atoms. The van der Waals surface area contributed by atoms with Gasteiger partial charge in [0.25, 0.3) is 5.91 Å². The Morgan fingerprint density at radius 2 is 2.50 bits per heavy atom. The van der Waals surface area contributed by atoms with Crippen LogP contribution in [0.25, 0.3) is 0 Å². The number of carbonyl (C=O) groups excluding carboxylic acids is 1. The highest BCUT2D eigenvalue weighted by Crippen LogP contribution is 2.23. The average Bonchev–Trinajstić information content (AvgIpc) is 2.86. The van der Waals surface area contributed by atoms with Gasteiger partial charge in [0, 0.05) is 25.3 Å². The van der Waals surface area contributed by atoms with Crippen LogP contribution in [0.3, 0.4) is 0 Å². The molecule has 5 nitrogen and oxygen atoms in total. The van der Waals surface area contributed by atoms with Crippen molar-refractivity contribution in [1.82, 2.24) is 15.2 Å². The molecule has 1 aromatic rings. The van der Waals surface area contributed by atoms with E-state index in [1.807, 2.05) is 11.9 Å². The van der Waals surface area contributed by atoms with Crippen LogP contribution in [0.5, 0.6) is 5.75 Å². The second-order valence-electron chi connectivity index (χ2n) is 4.43. The van der Waals surface area contributed by atoms with Gasteiger partial charge in [0.05, 0.1) is 18.9 Å². The minimum atomic E-state index is 0.0343. The SMILES string of the molecule is CNCC1CCCN1C(=O)c1ccncc1OC. The lowest BCUT2D eigenvalue weighted by Crippen LogP contribution is -2.40. The van der Waals surface area contributed by atoms with Crippen molar-refractivity contribution >= 4 is 5.91 Å². The van der Waals surface area contributed by atoms with E-state index < -0.39 is 0 Å². The number of methoxy groups -OCH3 is 1. The minimum Gasteiger partial charge on any atom is -0.494 e. The van der Waals surface area contributed by atoms with Crippen LogP contribution in [0.2, 0.25) is 0 Å². The van der Waals surface area contributed by atoms with Crippen molar-refractivity contribution in [2.75, 3.05) is 27.2 Å². The van der Waals surface area contributed by atoms with Crippen LogP contribution in [0.4, 0.5) is 0 Å². The van der Waals surface area contributed by atoms with E-state index in [0.717, 1.165) is 25.9 Å². The molecule has 2 rings (SSSR count). The van der Waals surface area contributed by atoms with E-state index in [9.17, 15) is 4.79 Å². The van der Waals surface area contributed by atoms with Crippen LogP contribution >= 0.6 is 0 Å². The molecule has 1 aliphatic heterocycles. The summed E-state index contributed by atoms with van der Waals surface area (Å²) in [6.07, 6.45) is 5.32. The van der Waals surface area contributed by atoms with Crippen LogP contribution in [-0.4, -0.2) is 49.1 Å². The number of hydrogen-bond acceptors (Lipinski definition) is 4. The van der Waals surface area contributed by atoms with Crippen LogP contribution in [0, 0.1) is 0 Å². The predicted octanol–water partition coefficient (Wildman–Crippen LogP) is 0.914. The van der Waals surface area contributed by atoms with E-state index in [1.54, 1.807) is 25.6 Å². The molecule has 1 atom stereocenters. The number of pyridine rings is 1. The molecule has 1 amide bonds. The molecule has 1 aliphatic rings. The Bertz CT molecular complexity index is 422. The summed E-state index contributed by atoms with van der Waals surface area (Å²) < 4.78 is 5.20. The molecule has 18 heavy (non-hydrogen) atoms. The molecule has 98 valence electrons. The Kier molecular flexibility index (Phi) is 4.15. The van der Waals surface area contributed by atoms with E-state index in [-0.39, 0.29) is 11.9 Å². The van der Waals surface area contributed by atoms with Gasteiger partial charge in [-0.2, -0.15) is 0 Å². The molecule has 1 aromatic heterocycles. The quantitative estimate of drug-likeness (QED) is 0.862. The summed E-state index contributed by atoms with van der Waals surface area (Å²) in [6.45, 7) is 1.65. The Morgan fingerprint density at radius 1 is 1.67 bits per heavy atom. The Morgan fingerprint density at radius 3 is 3.22 bits per heavy atom. The lowest BCUT2D eigenvalue weighted by molar-refractivity contribution is 0.0733.